The zero-order chi connectivity index (χ0) is 39.4. The highest BCUT2D eigenvalue weighted by Gasteiger charge is 2.67. The Hall–Kier alpha value is -3.08. The maximum Gasteiger partial charge on any atom is 0.453 e. The number of hydrogen-bond donors (Lipinski definition) is 1. The average Bonchev–Trinajstić information content (AvgIpc) is 3.32. The molecule has 0 aliphatic heterocycles. The van der Waals surface area contributed by atoms with Crippen LogP contribution in [0, 0.1) is 33.3 Å². The highest BCUT2D eigenvalue weighted by Crippen LogP contribution is 2.65. The van der Waals surface area contributed by atoms with Gasteiger partial charge in [0.1, 0.15) is 33.4 Å². The molecule has 4 rings (SSSR count). The van der Waals surface area contributed by atoms with Crippen molar-refractivity contribution < 1.29 is 64.5 Å². The molecule has 0 bridgehead atoms. The van der Waals surface area contributed by atoms with E-state index in [1.54, 1.807) is 18.2 Å². The summed E-state index contributed by atoms with van der Waals surface area (Å²) < 4.78 is 98.5. The van der Waals surface area contributed by atoms with Gasteiger partial charge < -0.3 is 19.4 Å². The molecule has 0 amide bonds. The van der Waals surface area contributed by atoms with Gasteiger partial charge in [0.05, 0.1) is 11.5 Å². The van der Waals surface area contributed by atoms with Gasteiger partial charge in [-0.3, -0.25) is 9.59 Å². The van der Waals surface area contributed by atoms with E-state index in [-0.39, 0.29) is 36.2 Å². The van der Waals surface area contributed by atoms with Crippen LogP contribution in [-0.4, -0.2) is 66.4 Å². The van der Waals surface area contributed by atoms with E-state index in [0.717, 1.165) is 25.7 Å². The molecule has 0 radical (unpaired) electrons. The lowest BCUT2D eigenvalue weighted by Gasteiger charge is -2.59. The number of hydrogen-bond acceptors (Lipinski definition) is 10. The van der Waals surface area contributed by atoms with E-state index in [0.29, 0.717) is 49.7 Å². The SMILES string of the molecule is CC(=O)Oc1ccc2c(c1)C[C@@H](CCCCCCCCCS(=O)(=O)CCCC(F)(F)C(F)(F)F)[C@H]1[C@@H]3CC[C@H](OC(C)=O)[C@@]3(C)C[C@H](O[N+](=O)[O-])[C@]21O. The van der Waals surface area contributed by atoms with Gasteiger partial charge in [0.25, 0.3) is 5.09 Å². The number of fused-ring (bicyclic) bond motifs is 5. The van der Waals surface area contributed by atoms with Crippen LogP contribution in [0.4, 0.5) is 22.0 Å². The lowest BCUT2D eigenvalue weighted by Crippen LogP contribution is -2.63. The third kappa shape index (κ3) is 9.97. The van der Waals surface area contributed by atoms with Crippen LogP contribution in [0.15, 0.2) is 18.2 Å². The van der Waals surface area contributed by atoms with Crippen LogP contribution in [0.1, 0.15) is 115 Å². The molecule has 7 atom stereocenters. The number of benzene rings is 1. The summed E-state index contributed by atoms with van der Waals surface area (Å²) in [5, 5.41) is 23.7. The minimum Gasteiger partial charge on any atom is -0.462 e. The van der Waals surface area contributed by atoms with Gasteiger partial charge in [0.15, 0.2) is 0 Å². The van der Waals surface area contributed by atoms with Crippen molar-refractivity contribution in [3.8, 4) is 5.75 Å². The summed E-state index contributed by atoms with van der Waals surface area (Å²) in [6.45, 7) is 4.54. The van der Waals surface area contributed by atoms with Gasteiger partial charge in [-0.05, 0) is 80.0 Å². The van der Waals surface area contributed by atoms with Gasteiger partial charge in [-0.25, -0.2) is 8.42 Å². The van der Waals surface area contributed by atoms with E-state index in [2.05, 4.69) is 0 Å². The highest BCUT2D eigenvalue weighted by atomic mass is 32.2. The van der Waals surface area contributed by atoms with E-state index in [9.17, 15) is 55.2 Å². The second kappa shape index (κ2) is 16.7. The lowest BCUT2D eigenvalue weighted by molar-refractivity contribution is -0.775. The number of esters is 2. The smallest absolute Gasteiger partial charge is 0.453 e. The van der Waals surface area contributed by atoms with Crippen molar-refractivity contribution in [2.45, 2.75) is 141 Å². The molecular formula is C36H50F5NO10S. The molecule has 1 aromatic rings. The van der Waals surface area contributed by atoms with Crippen LogP contribution in [0.5, 0.6) is 5.75 Å². The maximum absolute atomic E-state index is 13.1. The summed E-state index contributed by atoms with van der Waals surface area (Å²) >= 11 is 0. The molecule has 1 N–H and O–H groups in total. The van der Waals surface area contributed by atoms with Crippen LogP contribution < -0.4 is 4.74 Å². The molecule has 2 saturated carbocycles. The Kier molecular flexibility index (Phi) is 13.5. The fraction of sp³-hybridized carbons (Fsp3) is 0.778. The number of carbonyl (C=O) groups is 2. The summed E-state index contributed by atoms with van der Waals surface area (Å²) in [6, 6.07) is 4.88. The first-order valence-electron chi connectivity index (χ1n) is 18.3. The molecule has 17 heteroatoms. The van der Waals surface area contributed by atoms with Crippen LogP contribution >= 0.6 is 0 Å². The number of carbonyl (C=O) groups excluding carboxylic acids is 2. The molecule has 11 nitrogen and oxygen atoms in total. The molecular weight excluding hydrogens is 733 g/mol. The quantitative estimate of drug-likeness (QED) is 0.0396. The average molecular weight is 784 g/mol. The van der Waals surface area contributed by atoms with Gasteiger partial charge in [-0.15, -0.1) is 10.1 Å². The largest absolute Gasteiger partial charge is 0.462 e. The predicted molar refractivity (Wildman–Crippen MR) is 181 cm³/mol. The Morgan fingerprint density at radius 1 is 0.943 bits per heavy atom. The number of rotatable bonds is 18. The Morgan fingerprint density at radius 2 is 1.57 bits per heavy atom. The topological polar surface area (TPSA) is 159 Å². The minimum atomic E-state index is -5.71. The molecule has 0 heterocycles. The number of halogens is 5. The van der Waals surface area contributed by atoms with Crippen LogP contribution in [0.3, 0.4) is 0 Å². The molecule has 1 aromatic carbocycles. The molecule has 2 fully saturated rings. The number of ether oxygens (including phenoxy) is 2. The van der Waals surface area contributed by atoms with Crippen molar-refractivity contribution >= 4 is 21.8 Å². The number of aliphatic hydroxyl groups is 1. The fourth-order valence-corrected chi connectivity index (χ4v) is 10.7. The summed E-state index contributed by atoms with van der Waals surface area (Å²) in [5.41, 5.74) is -1.26. The van der Waals surface area contributed by atoms with Crippen LogP contribution in [-0.2, 0) is 41.0 Å². The Morgan fingerprint density at radius 3 is 2.17 bits per heavy atom. The summed E-state index contributed by atoms with van der Waals surface area (Å²) in [7, 11) is -3.76. The van der Waals surface area contributed by atoms with Crippen molar-refractivity contribution in [1.29, 1.82) is 0 Å². The zero-order valence-corrected chi connectivity index (χ0v) is 31.1. The molecule has 0 spiro atoms. The van der Waals surface area contributed by atoms with Crippen molar-refractivity contribution in [1.82, 2.24) is 0 Å². The molecule has 3 aliphatic rings. The van der Waals surface area contributed by atoms with Gasteiger partial charge >= 0.3 is 24.0 Å². The zero-order valence-electron chi connectivity index (χ0n) is 30.3. The molecule has 0 aromatic heterocycles. The van der Waals surface area contributed by atoms with Gasteiger partial charge in [0, 0.05) is 31.6 Å². The van der Waals surface area contributed by atoms with Gasteiger partial charge in [0.2, 0.25) is 0 Å². The van der Waals surface area contributed by atoms with E-state index in [1.807, 2.05) is 6.92 Å². The molecule has 0 saturated heterocycles. The van der Waals surface area contributed by atoms with Crippen molar-refractivity contribution in [3.63, 3.8) is 0 Å². The van der Waals surface area contributed by atoms with Crippen molar-refractivity contribution in [3.05, 3.63) is 39.4 Å². The van der Waals surface area contributed by atoms with Gasteiger partial charge in [-0.2, -0.15) is 22.0 Å². The van der Waals surface area contributed by atoms with Crippen LogP contribution in [0.2, 0.25) is 0 Å². The second-order valence-electron chi connectivity index (χ2n) is 15.3. The standard InChI is InChI=1S/C36H50F5NO10S/c1-23(43)50-27-13-14-28-26(21-27)20-25(12-9-7-5-4-6-8-10-18-53(48,49)19-11-17-34(37,38)36(39,40)41)32-29-15-16-30(51-24(2)44)33(29,3)22-31(35(28,32)45)52-42(46)47/h13-14,21,25,29-32,45H,4-12,15-20,22H2,1-3H3/t25-,29+,30+,31+,32+,33+,35-/m1/s1. The Bertz CT molecular complexity index is 1590. The Labute approximate surface area is 306 Å². The minimum absolute atomic E-state index is 0.0801. The molecule has 3 aliphatic carbocycles. The van der Waals surface area contributed by atoms with E-state index in [4.69, 9.17) is 14.3 Å². The summed E-state index contributed by atoms with van der Waals surface area (Å²) in [6.07, 6.45) is -2.69. The number of unbranched alkanes of at least 4 members (excludes halogenated alkanes) is 6. The highest BCUT2D eigenvalue weighted by molar-refractivity contribution is 7.91. The first-order chi connectivity index (χ1) is 24.6. The predicted octanol–water partition coefficient (Wildman–Crippen LogP) is 7.43. The van der Waals surface area contributed by atoms with Crippen molar-refractivity contribution in [2.24, 2.45) is 23.2 Å². The molecule has 53 heavy (non-hydrogen) atoms. The van der Waals surface area contributed by atoms with E-state index in [1.165, 1.54) is 13.8 Å². The Balaban J connectivity index is 1.39. The third-order valence-corrected chi connectivity index (χ3v) is 13.4. The number of sulfone groups is 1. The summed E-state index contributed by atoms with van der Waals surface area (Å²) in [5.74, 6) is -7.39. The van der Waals surface area contributed by atoms with Crippen LogP contribution in [0.25, 0.3) is 0 Å². The maximum atomic E-state index is 13.1. The fourth-order valence-electron chi connectivity index (χ4n) is 9.25. The third-order valence-electron chi connectivity index (χ3n) is 11.6. The van der Waals surface area contributed by atoms with Gasteiger partial charge in [-0.1, -0.05) is 51.5 Å². The first-order valence-corrected chi connectivity index (χ1v) is 20.1. The first kappa shape index (κ1) is 42.7. The number of alkyl halides is 5. The number of nitrogens with zero attached hydrogens (tertiary/aromatic N) is 1. The van der Waals surface area contributed by atoms with E-state index < -0.39 is 86.7 Å². The normalized spacial score (nSPS) is 28.4. The van der Waals surface area contributed by atoms with E-state index >= 15 is 0 Å². The lowest BCUT2D eigenvalue weighted by atomic mass is 9.49. The monoisotopic (exact) mass is 783 g/mol. The van der Waals surface area contributed by atoms with Crippen molar-refractivity contribution in [2.75, 3.05) is 11.5 Å². The second-order valence-corrected chi connectivity index (χ2v) is 17.6. The molecule has 300 valence electrons. The summed E-state index contributed by atoms with van der Waals surface area (Å²) in [4.78, 5) is 40.9. The molecule has 0 unspecified atom stereocenters.